The highest BCUT2D eigenvalue weighted by Crippen LogP contribution is 2.44. The van der Waals surface area contributed by atoms with Gasteiger partial charge in [0.05, 0.1) is 7.11 Å². The van der Waals surface area contributed by atoms with Crippen molar-refractivity contribution in [2.45, 2.75) is 70.8 Å². The molecule has 3 atom stereocenters. The molecule has 0 aliphatic heterocycles. The SMILES string of the molecule is COc1ccc(C(=O)Nc2ccc(C(C)(C)[C@@H]3CC[C@@H](C)C[C@H]3OC(=O)C3=CC(=O)CCC3)cc2)cc1. The fourth-order valence-electron chi connectivity index (χ4n) is 5.59. The van der Waals surface area contributed by atoms with E-state index in [1.807, 2.05) is 24.3 Å². The van der Waals surface area contributed by atoms with Gasteiger partial charge in [0, 0.05) is 29.2 Å². The number of anilines is 1. The summed E-state index contributed by atoms with van der Waals surface area (Å²) in [6.45, 7) is 6.60. The van der Waals surface area contributed by atoms with E-state index in [2.05, 4.69) is 26.1 Å². The number of ether oxygens (including phenoxy) is 2. The normalized spacial score (nSPS) is 22.1. The van der Waals surface area contributed by atoms with Gasteiger partial charge in [0.25, 0.3) is 5.91 Å². The third-order valence-electron chi connectivity index (χ3n) is 7.95. The molecule has 2 aliphatic rings. The van der Waals surface area contributed by atoms with Gasteiger partial charge in [-0.15, -0.1) is 0 Å². The lowest BCUT2D eigenvalue weighted by Gasteiger charge is -2.44. The van der Waals surface area contributed by atoms with Gasteiger partial charge in [-0.05, 0) is 85.1 Å². The second-order valence-electron chi connectivity index (χ2n) is 10.9. The number of hydrogen-bond acceptors (Lipinski definition) is 5. The summed E-state index contributed by atoms with van der Waals surface area (Å²) in [6, 6.07) is 14.9. The van der Waals surface area contributed by atoms with Crippen LogP contribution in [0.25, 0.3) is 0 Å². The van der Waals surface area contributed by atoms with E-state index in [4.69, 9.17) is 9.47 Å². The van der Waals surface area contributed by atoms with Crippen LogP contribution in [-0.2, 0) is 19.7 Å². The number of allylic oxidation sites excluding steroid dienone is 1. The first kappa shape index (κ1) is 26.6. The average Bonchev–Trinajstić information content (AvgIpc) is 2.89. The zero-order chi connectivity index (χ0) is 26.6. The summed E-state index contributed by atoms with van der Waals surface area (Å²) in [4.78, 5) is 37.4. The molecule has 0 heterocycles. The topological polar surface area (TPSA) is 81.7 Å². The number of carbonyl (C=O) groups is 3. The van der Waals surface area contributed by atoms with Gasteiger partial charge in [-0.1, -0.05) is 39.3 Å². The quantitative estimate of drug-likeness (QED) is 0.452. The van der Waals surface area contributed by atoms with Crippen molar-refractivity contribution in [3.63, 3.8) is 0 Å². The Labute approximate surface area is 219 Å². The van der Waals surface area contributed by atoms with Gasteiger partial charge in [-0.2, -0.15) is 0 Å². The highest BCUT2D eigenvalue weighted by molar-refractivity contribution is 6.04. The van der Waals surface area contributed by atoms with E-state index >= 15 is 0 Å². The monoisotopic (exact) mass is 503 g/mol. The zero-order valence-corrected chi connectivity index (χ0v) is 22.2. The first-order valence-electron chi connectivity index (χ1n) is 13.2. The van der Waals surface area contributed by atoms with Crippen LogP contribution in [0.3, 0.4) is 0 Å². The molecule has 1 amide bonds. The van der Waals surface area contributed by atoms with Crippen molar-refractivity contribution in [1.82, 2.24) is 0 Å². The number of carbonyl (C=O) groups excluding carboxylic acids is 3. The van der Waals surface area contributed by atoms with Crippen LogP contribution in [0.5, 0.6) is 5.75 Å². The van der Waals surface area contributed by atoms with Gasteiger partial charge in [-0.3, -0.25) is 9.59 Å². The molecular weight excluding hydrogens is 466 g/mol. The minimum atomic E-state index is -0.343. The van der Waals surface area contributed by atoms with Gasteiger partial charge in [0.1, 0.15) is 11.9 Å². The van der Waals surface area contributed by atoms with E-state index in [0.29, 0.717) is 42.1 Å². The second kappa shape index (κ2) is 11.3. The van der Waals surface area contributed by atoms with Crippen LogP contribution in [-0.4, -0.2) is 30.9 Å². The molecule has 0 unspecified atom stereocenters. The van der Waals surface area contributed by atoms with E-state index in [1.54, 1.807) is 31.4 Å². The smallest absolute Gasteiger partial charge is 0.334 e. The first-order valence-corrected chi connectivity index (χ1v) is 13.2. The molecule has 0 radical (unpaired) electrons. The van der Waals surface area contributed by atoms with Gasteiger partial charge in [-0.25, -0.2) is 4.79 Å². The van der Waals surface area contributed by atoms with E-state index in [-0.39, 0.29) is 35.1 Å². The molecule has 4 rings (SSSR count). The van der Waals surface area contributed by atoms with Gasteiger partial charge < -0.3 is 14.8 Å². The molecule has 0 bridgehead atoms. The Bertz CT molecular complexity index is 1160. The third kappa shape index (κ3) is 6.30. The molecule has 196 valence electrons. The molecule has 1 fully saturated rings. The van der Waals surface area contributed by atoms with Crippen LogP contribution < -0.4 is 10.1 Å². The highest BCUT2D eigenvalue weighted by atomic mass is 16.5. The van der Waals surface area contributed by atoms with Crippen LogP contribution in [0.2, 0.25) is 0 Å². The van der Waals surface area contributed by atoms with Crippen molar-refractivity contribution in [3.05, 3.63) is 71.3 Å². The molecule has 0 spiro atoms. The zero-order valence-electron chi connectivity index (χ0n) is 22.2. The molecule has 0 saturated heterocycles. The average molecular weight is 504 g/mol. The van der Waals surface area contributed by atoms with E-state index in [9.17, 15) is 14.4 Å². The lowest BCUT2D eigenvalue weighted by atomic mass is 9.64. The van der Waals surface area contributed by atoms with Crippen LogP contribution in [0.4, 0.5) is 5.69 Å². The number of esters is 1. The van der Waals surface area contributed by atoms with Crippen molar-refractivity contribution in [3.8, 4) is 5.75 Å². The molecular formula is C31H37NO5. The standard InChI is InChI=1S/C31H37NO5/c1-20-8-17-27(28(18-20)37-30(35)22-6-5-7-25(33)19-22)31(2,3)23-11-13-24(14-12-23)32-29(34)21-9-15-26(36-4)16-10-21/h9-16,19-20,27-28H,5-8,17-18H2,1-4H3,(H,32,34)/t20-,27-,28-/m1/s1. The minimum absolute atomic E-state index is 0.00580. The Morgan fingerprint density at radius 2 is 1.68 bits per heavy atom. The molecule has 2 aromatic rings. The Hall–Kier alpha value is -3.41. The lowest BCUT2D eigenvalue weighted by Crippen LogP contribution is -2.43. The summed E-state index contributed by atoms with van der Waals surface area (Å²) in [5.41, 5.74) is 2.65. The van der Waals surface area contributed by atoms with Crippen molar-refractivity contribution < 1.29 is 23.9 Å². The fourth-order valence-corrected chi connectivity index (χ4v) is 5.59. The maximum atomic E-state index is 12.9. The van der Waals surface area contributed by atoms with Crippen molar-refractivity contribution in [1.29, 1.82) is 0 Å². The maximum Gasteiger partial charge on any atom is 0.334 e. The maximum absolute atomic E-state index is 12.9. The van der Waals surface area contributed by atoms with E-state index < -0.39 is 0 Å². The Kier molecular flexibility index (Phi) is 8.16. The number of benzene rings is 2. The summed E-state index contributed by atoms with van der Waals surface area (Å²) < 4.78 is 11.2. The van der Waals surface area contributed by atoms with Crippen LogP contribution in [0, 0.1) is 11.8 Å². The fraction of sp³-hybridized carbons (Fsp3) is 0.452. The second-order valence-corrected chi connectivity index (χ2v) is 10.9. The summed E-state index contributed by atoms with van der Waals surface area (Å²) in [6.07, 6.45) is 5.93. The molecule has 37 heavy (non-hydrogen) atoms. The number of rotatable bonds is 7. The minimum Gasteiger partial charge on any atom is -0.497 e. The highest BCUT2D eigenvalue weighted by Gasteiger charge is 2.42. The molecule has 1 saturated carbocycles. The van der Waals surface area contributed by atoms with E-state index in [1.165, 1.54) is 6.08 Å². The third-order valence-corrected chi connectivity index (χ3v) is 7.95. The van der Waals surface area contributed by atoms with Crippen molar-refractivity contribution in [2.75, 3.05) is 12.4 Å². The lowest BCUT2D eigenvalue weighted by molar-refractivity contribution is -0.152. The summed E-state index contributed by atoms with van der Waals surface area (Å²) >= 11 is 0. The van der Waals surface area contributed by atoms with E-state index in [0.717, 1.165) is 30.5 Å². The summed E-state index contributed by atoms with van der Waals surface area (Å²) in [7, 11) is 1.59. The number of nitrogens with one attached hydrogen (secondary N) is 1. The molecule has 6 nitrogen and oxygen atoms in total. The van der Waals surface area contributed by atoms with Crippen molar-refractivity contribution >= 4 is 23.3 Å². The van der Waals surface area contributed by atoms with Crippen LogP contribution >= 0.6 is 0 Å². The van der Waals surface area contributed by atoms with Gasteiger partial charge in [0.15, 0.2) is 5.78 Å². The Morgan fingerprint density at radius 3 is 2.32 bits per heavy atom. The number of amides is 1. The number of hydrogen-bond donors (Lipinski definition) is 1. The molecule has 2 aliphatic carbocycles. The van der Waals surface area contributed by atoms with Crippen LogP contribution in [0.1, 0.15) is 75.2 Å². The molecule has 2 aromatic carbocycles. The van der Waals surface area contributed by atoms with Gasteiger partial charge in [0.2, 0.25) is 0 Å². The Morgan fingerprint density at radius 1 is 0.973 bits per heavy atom. The molecule has 1 N–H and O–H groups in total. The van der Waals surface area contributed by atoms with Gasteiger partial charge >= 0.3 is 5.97 Å². The first-order chi connectivity index (χ1) is 17.7. The van der Waals surface area contributed by atoms with Crippen molar-refractivity contribution in [2.24, 2.45) is 11.8 Å². The predicted octanol–water partition coefficient (Wildman–Crippen LogP) is 6.25. The Balaban J connectivity index is 1.46. The number of ketones is 1. The molecule has 6 heteroatoms. The largest absolute Gasteiger partial charge is 0.497 e. The number of methoxy groups -OCH3 is 1. The predicted molar refractivity (Wildman–Crippen MR) is 144 cm³/mol. The van der Waals surface area contributed by atoms with Crippen LogP contribution in [0.15, 0.2) is 60.2 Å². The summed E-state index contributed by atoms with van der Waals surface area (Å²) in [5, 5.41) is 2.95. The summed E-state index contributed by atoms with van der Waals surface area (Å²) in [5.74, 6) is 0.803. The molecule has 0 aromatic heterocycles.